The number of nitrogens with one attached hydrogen (secondary N) is 2. The van der Waals surface area contributed by atoms with Gasteiger partial charge in [0.05, 0.1) is 64.1 Å². The molecule has 27 nitrogen and oxygen atoms in total. The molecule has 0 bridgehead atoms. The standard InChI is InChI=1S/C93H161N3O24/c1-14-77-56-83(105)58-96(77)89(108)44-28-20-18-16-15-17-19-23-42-82(104)57-93(62-109-53-45-80(102)38-26-21-24-36-78(100)40-29-32-50-112-90-71(8)65(2)68(5)84(118-90)59-115-74(11)97,63-110-54-46-81(103)39-27-22-25-37-79(101)41-30-33-51-113-91-72(9)66(3)69(6)85(119-91)60-116-75(12)98)64-111-55-47-88(107)95-49-35-48-94-87(106)43-31-34-52-114-92-73(10)67(4)70(7)86(120-92)61-117-76(13)99/h65-73,77,83-86,90-92,105H,14-64H2,1-13H3,(H,94,106)(H,95,107)/t65?,66?,67?,68?,69?,70?,71?,72?,73?,77-,83-,84?,85?,86?,90?,91?,92?,93?/m1/s1. The van der Waals surface area contributed by atoms with E-state index in [1.54, 1.807) is 0 Å². The third-order valence-electron chi connectivity index (χ3n) is 25.6. The maximum atomic E-state index is 14.2. The molecule has 3 N–H and O–H groups in total. The monoisotopic (exact) mass is 1700 g/mol. The number of unbranched alkanes of at least 4 members (excludes halogenated alkanes) is 14. The Bertz CT molecular complexity index is 2710. The second kappa shape index (κ2) is 62.0. The number of amides is 3. The van der Waals surface area contributed by atoms with Crippen molar-refractivity contribution in [2.45, 2.75) is 370 Å². The van der Waals surface area contributed by atoms with E-state index in [0.717, 1.165) is 64.2 Å². The van der Waals surface area contributed by atoms with E-state index in [1.165, 1.54) is 20.8 Å². The van der Waals surface area contributed by atoms with Crippen LogP contribution in [-0.2, 0) is 110 Å². The molecule has 4 aliphatic heterocycles. The molecule has 4 aliphatic rings. The number of β-amino-alcohol motifs (C(OH)–C–C–N with tert-alkyl or cyclic N) is 1. The molecule has 0 aromatic carbocycles. The summed E-state index contributed by atoms with van der Waals surface area (Å²) in [6.45, 7) is 28.4. The average molecular weight is 1710 g/mol. The van der Waals surface area contributed by atoms with E-state index in [9.17, 15) is 57.8 Å². The van der Waals surface area contributed by atoms with E-state index in [4.69, 9.17) is 56.8 Å². The summed E-state index contributed by atoms with van der Waals surface area (Å²) in [6.07, 6.45) is 18.8. The zero-order chi connectivity index (χ0) is 88.2. The number of likely N-dealkylation sites (tertiary alicyclic amines) is 1. The molecular weight excluding hydrogens is 1540 g/mol. The summed E-state index contributed by atoms with van der Waals surface area (Å²) in [4.78, 5) is 142. The highest BCUT2D eigenvalue weighted by Gasteiger charge is 2.44. The topological polar surface area (TPSA) is 346 Å². The molecule has 120 heavy (non-hydrogen) atoms. The quantitative estimate of drug-likeness (QED) is 0.0289. The minimum absolute atomic E-state index is 0.00329. The fourth-order valence-electron chi connectivity index (χ4n) is 16.5. The largest absolute Gasteiger partial charge is 0.463 e. The molecule has 0 saturated carbocycles. The van der Waals surface area contributed by atoms with Gasteiger partial charge >= 0.3 is 17.9 Å². The molecule has 0 spiro atoms. The highest BCUT2D eigenvalue weighted by Crippen LogP contribution is 2.39. The van der Waals surface area contributed by atoms with Gasteiger partial charge in [-0.25, -0.2) is 0 Å². The summed E-state index contributed by atoms with van der Waals surface area (Å²) >= 11 is 0. The third-order valence-corrected chi connectivity index (χ3v) is 25.6. The number of carbonyl (C=O) groups excluding carboxylic acids is 11. The second-order valence-electron chi connectivity index (χ2n) is 35.5. The van der Waals surface area contributed by atoms with E-state index < -0.39 is 30.4 Å². The number of hydrogen-bond acceptors (Lipinski definition) is 24. The van der Waals surface area contributed by atoms with Gasteiger partial charge in [0.1, 0.15) is 48.7 Å². The number of nitrogens with zero attached hydrogens (tertiary/aromatic N) is 1. The lowest BCUT2D eigenvalue weighted by Gasteiger charge is -2.43. The molecule has 4 fully saturated rings. The van der Waals surface area contributed by atoms with Gasteiger partial charge in [0.25, 0.3) is 0 Å². The van der Waals surface area contributed by atoms with Crippen molar-refractivity contribution in [1.82, 2.24) is 15.5 Å². The lowest BCUT2D eigenvalue weighted by molar-refractivity contribution is -0.255. The van der Waals surface area contributed by atoms with Crippen LogP contribution < -0.4 is 10.6 Å². The van der Waals surface area contributed by atoms with Crippen molar-refractivity contribution in [2.75, 3.05) is 98.9 Å². The first-order chi connectivity index (χ1) is 57.4. The van der Waals surface area contributed by atoms with Crippen LogP contribution in [0.4, 0.5) is 0 Å². The molecule has 0 aliphatic carbocycles. The molecule has 17 atom stereocenters. The molecule has 15 unspecified atom stereocenters. The van der Waals surface area contributed by atoms with Gasteiger partial charge in [0.2, 0.25) is 17.7 Å². The van der Waals surface area contributed by atoms with Gasteiger partial charge in [-0.2, -0.15) is 0 Å². The molecule has 27 heteroatoms. The Kier molecular flexibility index (Phi) is 55.3. The van der Waals surface area contributed by atoms with Crippen LogP contribution >= 0.6 is 0 Å². The molecular formula is C93H161N3O24. The Morgan fingerprint density at radius 3 is 1.03 bits per heavy atom. The van der Waals surface area contributed by atoms with Gasteiger partial charge < -0.3 is 77.5 Å². The van der Waals surface area contributed by atoms with Crippen molar-refractivity contribution in [1.29, 1.82) is 0 Å². The number of carbonyl (C=O) groups is 11. The van der Waals surface area contributed by atoms with Crippen LogP contribution in [0, 0.1) is 58.7 Å². The smallest absolute Gasteiger partial charge is 0.302 e. The summed E-state index contributed by atoms with van der Waals surface area (Å²) in [6, 6.07) is 0.116. The summed E-state index contributed by atoms with van der Waals surface area (Å²) in [7, 11) is 0. The number of rotatable bonds is 69. The van der Waals surface area contributed by atoms with Crippen molar-refractivity contribution in [3.05, 3.63) is 0 Å². The number of ether oxygens (including phenoxy) is 12. The molecule has 4 saturated heterocycles. The first-order valence-corrected chi connectivity index (χ1v) is 46.5. The molecule has 0 aromatic rings. The second-order valence-corrected chi connectivity index (χ2v) is 35.5. The van der Waals surface area contributed by atoms with Crippen LogP contribution in [0.2, 0.25) is 0 Å². The number of hydrogen-bond donors (Lipinski definition) is 3. The Hall–Kier alpha value is -5.23. The van der Waals surface area contributed by atoms with Crippen molar-refractivity contribution in [2.24, 2.45) is 58.7 Å². The highest BCUT2D eigenvalue weighted by atomic mass is 16.7. The third kappa shape index (κ3) is 44.6. The maximum Gasteiger partial charge on any atom is 0.302 e. The predicted octanol–water partition coefficient (Wildman–Crippen LogP) is 14.4. The molecule has 4 rings (SSSR count). The molecule has 4 heterocycles. The van der Waals surface area contributed by atoms with Crippen molar-refractivity contribution in [3.8, 4) is 0 Å². The SMILES string of the molecule is CC[C@@H]1C[C@@H](O)CN1C(=O)CCCCCCCCCCC(=O)CC(COCCC(=O)CCCCCC(=O)CCCCOC1OC(COC(C)=O)C(C)C(C)C1C)(COCCC(=O)CCCCCC(=O)CCCCOC1OC(COC(C)=O)C(C)C(C)C1C)COCCC(=O)NCCCNC(=O)CCCCOC1OC(COC(C)=O)C(C)C(C)C1C. The first kappa shape index (κ1) is 107. The summed E-state index contributed by atoms with van der Waals surface area (Å²) < 4.78 is 71.7. The molecule has 3 amide bonds. The summed E-state index contributed by atoms with van der Waals surface area (Å²) in [5, 5.41) is 16.0. The fourth-order valence-corrected chi connectivity index (χ4v) is 16.5. The highest BCUT2D eigenvalue weighted by molar-refractivity contribution is 5.81. The van der Waals surface area contributed by atoms with Gasteiger partial charge in [-0.3, -0.25) is 52.7 Å². The van der Waals surface area contributed by atoms with E-state index in [2.05, 4.69) is 79.9 Å². The van der Waals surface area contributed by atoms with Crippen molar-refractivity contribution < 1.29 is 115 Å². The predicted molar refractivity (Wildman–Crippen MR) is 456 cm³/mol. The fraction of sp³-hybridized carbons (Fsp3) is 0.882. The number of Topliss-reactive ketones (excluding diaryl/α,β-unsaturated/α-hetero) is 5. The first-order valence-electron chi connectivity index (χ1n) is 46.5. The Morgan fingerprint density at radius 1 is 0.358 bits per heavy atom. The van der Waals surface area contributed by atoms with Crippen molar-refractivity contribution in [3.63, 3.8) is 0 Å². The number of ketones is 5. The lowest BCUT2D eigenvalue weighted by atomic mass is 9.79. The van der Waals surface area contributed by atoms with E-state index >= 15 is 0 Å². The van der Waals surface area contributed by atoms with E-state index in [-0.39, 0.29) is 210 Å². The van der Waals surface area contributed by atoms with Crippen LogP contribution in [0.25, 0.3) is 0 Å². The Balaban J connectivity index is 1.28. The van der Waals surface area contributed by atoms with Crippen LogP contribution in [0.5, 0.6) is 0 Å². The Morgan fingerprint density at radius 2 is 0.667 bits per heavy atom. The van der Waals surface area contributed by atoms with Crippen LogP contribution in [0.3, 0.4) is 0 Å². The lowest BCUT2D eigenvalue weighted by Crippen LogP contribution is -2.47. The molecule has 692 valence electrons. The normalized spacial score (nSPS) is 25.4. The van der Waals surface area contributed by atoms with E-state index in [0.29, 0.717) is 198 Å². The zero-order valence-corrected chi connectivity index (χ0v) is 76.2. The summed E-state index contributed by atoms with van der Waals surface area (Å²) in [5.41, 5.74) is -1.04. The number of esters is 3. The van der Waals surface area contributed by atoms with Crippen LogP contribution in [0.1, 0.15) is 321 Å². The maximum absolute atomic E-state index is 14.2. The number of aliphatic hydroxyl groups excluding tert-OH is 1. The zero-order valence-electron chi connectivity index (χ0n) is 76.2. The molecule has 0 radical (unpaired) electrons. The van der Waals surface area contributed by atoms with Gasteiger partial charge in [0, 0.05) is 173 Å². The van der Waals surface area contributed by atoms with Gasteiger partial charge in [-0.05, 0) is 132 Å². The van der Waals surface area contributed by atoms with Gasteiger partial charge in [-0.15, -0.1) is 0 Å². The van der Waals surface area contributed by atoms with Gasteiger partial charge in [0.15, 0.2) is 18.9 Å². The summed E-state index contributed by atoms with van der Waals surface area (Å²) in [5.74, 6) is 1.04. The number of aliphatic hydroxyl groups is 1. The minimum Gasteiger partial charge on any atom is -0.463 e. The van der Waals surface area contributed by atoms with Crippen LogP contribution in [-0.4, -0.2) is 223 Å². The Labute approximate surface area is 719 Å². The average Bonchev–Trinajstić information content (AvgIpc) is 1.19. The van der Waals surface area contributed by atoms with E-state index in [1.807, 2.05) is 4.90 Å². The minimum atomic E-state index is -1.04. The van der Waals surface area contributed by atoms with Crippen LogP contribution in [0.15, 0.2) is 0 Å². The van der Waals surface area contributed by atoms with Crippen molar-refractivity contribution >= 4 is 64.5 Å². The molecule has 0 aromatic heterocycles. The van der Waals surface area contributed by atoms with Gasteiger partial charge in [-0.1, -0.05) is 121 Å².